The van der Waals surface area contributed by atoms with Crippen LogP contribution in [0.5, 0.6) is 0 Å². The third-order valence-corrected chi connectivity index (χ3v) is 2.20. The zero-order chi connectivity index (χ0) is 13.8. The zero-order valence-corrected chi connectivity index (χ0v) is 10.5. The summed E-state index contributed by atoms with van der Waals surface area (Å²) in [6.45, 7) is 4.32. The number of carbonyl (C=O) groups is 2. The number of nitrogens with zero attached hydrogens (tertiary/aromatic N) is 3. The molecule has 2 amide bonds. The molecule has 0 saturated heterocycles. The Hall–Kier alpha value is -1.96. The molecule has 0 aromatic carbocycles. The summed E-state index contributed by atoms with van der Waals surface area (Å²) in [4.78, 5) is 22.7. The van der Waals surface area contributed by atoms with Gasteiger partial charge < -0.3 is 16.8 Å². The van der Waals surface area contributed by atoms with Crippen LogP contribution in [0.2, 0.25) is 0 Å². The van der Waals surface area contributed by atoms with Gasteiger partial charge in [0.05, 0.1) is 12.7 Å². The molecule has 1 rings (SSSR count). The van der Waals surface area contributed by atoms with Crippen molar-refractivity contribution in [1.29, 1.82) is 0 Å². The smallest absolute Gasteiger partial charge is 0.273 e. The largest absolute Gasteiger partial charge is 0.370 e. The number of amides is 2. The van der Waals surface area contributed by atoms with Crippen molar-refractivity contribution < 1.29 is 9.59 Å². The number of primary amides is 1. The van der Waals surface area contributed by atoms with Crippen molar-refractivity contribution in [3.05, 3.63) is 11.9 Å². The molecule has 18 heavy (non-hydrogen) atoms. The van der Waals surface area contributed by atoms with Crippen molar-refractivity contribution in [2.45, 2.75) is 32.4 Å². The Bertz CT molecular complexity index is 439. The lowest BCUT2D eigenvalue weighted by molar-refractivity contribution is -0.119. The molecule has 8 heteroatoms. The van der Waals surface area contributed by atoms with E-state index in [1.165, 1.54) is 10.9 Å². The van der Waals surface area contributed by atoms with E-state index < -0.39 is 17.4 Å². The molecule has 0 bridgehead atoms. The fourth-order valence-electron chi connectivity index (χ4n) is 1.50. The SMILES string of the molecule is CC(C)(CC(N)=O)NC(=O)c1cn(CCN)nn1. The minimum Gasteiger partial charge on any atom is -0.370 e. The molecule has 0 radical (unpaired) electrons. The van der Waals surface area contributed by atoms with Crippen molar-refractivity contribution >= 4 is 11.8 Å². The van der Waals surface area contributed by atoms with Gasteiger partial charge >= 0.3 is 0 Å². The van der Waals surface area contributed by atoms with Crippen molar-refractivity contribution in [3.8, 4) is 0 Å². The summed E-state index contributed by atoms with van der Waals surface area (Å²) in [5.74, 6) is -0.878. The third-order valence-electron chi connectivity index (χ3n) is 2.20. The third kappa shape index (κ3) is 4.13. The molecule has 0 spiro atoms. The van der Waals surface area contributed by atoms with Gasteiger partial charge in [-0.3, -0.25) is 14.3 Å². The van der Waals surface area contributed by atoms with Crippen molar-refractivity contribution in [1.82, 2.24) is 20.3 Å². The summed E-state index contributed by atoms with van der Waals surface area (Å²) in [6, 6.07) is 0. The van der Waals surface area contributed by atoms with Crippen LogP contribution in [0.4, 0.5) is 0 Å². The molecule has 0 aliphatic heterocycles. The normalized spacial score (nSPS) is 11.3. The van der Waals surface area contributed by atoms with Crippen LogP contribution in [0.1, 0.15) is 30.8 Å². The monoisotopic (exact) mass is 254 g/mol. The van der Waals surface area contributed by atoms with Gasteiger partial charge in [0.25, 0.3) is 5.91 Å². The Labute approximate surface area is 105 Å². The molecule has 100 valence electrons. The molecule has 5 N–H and O–H groups in total. The number of rotatable bonds is 6. The number of hydrogen-bond donors (Lipinski definition) is 3. The highest BCUT2D eigenvalue weighted by Crippen LogP contribution is 2.08. The maximum Gasteiger partial charge on any atom is 0.273 e. The van der Waals surface area contributed by atoms with E-state index >= 15 is 0 Å². The fourth-order valence-corrected chi connectivity index (χ4v) is 1.50. The first-order valence-corrected chi connectivity index (χ1v) is 5.55. The van der Waals surface area contributed by atoms with Crippen LogP contribution in [-0.2, 0) is 11.3 Å². The van der Waals surface area contributed by atoms with E-state index in [2.05, 4.69) is 15.6 Å². The van der Waals surface area contributed by atoms with Gasteiger partial charge in [0, 0.05) is 18.5 Å². The van der Waals surface area contributed by atoms with Crippen LogP contribution < -0.4 is 16.8 Å². The van der Waals surface area contributed by atoms with Crippen LogP contribution in [-0.4, -0.2) is 38.9 Å². The molecular formula is C10H18N6O2. The van der Waals surface area contributed by atoms with Crippen molar-refractivity contribution in [3.63, 3.8) is 0 Å². The Morgan fingerprint density at radius 3 is 2.72 bits per heavy atom. The fraction of sp³-hybridized carbons (Fsp3) is 0.600. The standard InChI is InChI=1S/C10H18N6O2/c1-10(2,5-8(12)17)13-9(18)7-6-16(4-3-11)15-14-7/h6H,3-5,11H2,1-2H3,(H2,12,17)(H,13,18). The predicted molar refractivity (Wildman–Crippen MR) is 64.4 cm³/mol. The van der Waals surface area contributed by atoms with Crippen molar-refractivity contribution in [2.24, 2.45) is 11.5 Å². The zero-order valence-electron chi connectivity index (χ0n) is 10.5. The molecule has 0 aliphatic carbocycles. The second kappa shape index (κ2) is 5.58. The average molecular weight is 254 g/mol. The highest BCUT2D eigenvalue weighted by atomic mass is 16.2. The Morgan fingerprint density at radius 2 is 2.17 bits per heavy atom. The molecule has 1 aromatic heterocycles. The first-order chi connectivity index (χ1) is 8.34. The highest BCUT2D eigenvalue weighted by Gasteiger charge is 2.24. The summed E-state index contributed by atoms with van der Waals surface area (Å²) in [5, 5.41) is 10.2. The molecule has 0 aliphatic rings. The Kier molecular flexibility index (Phi) is 4.38. The van der Waals surface area contributed by atoms with Gasteiger partial charge in [0.2, 0.25) is 5.91 Å². The van der Waals surface area contributed by atoms with E-state index in [9.17, 15) is 9.59 Å². The van der Waals surface area contributed by atoms with Gasteiger partial charge in [-0.25, -0.2) is 0 Å². The van der Waals surface area contributed by atoms with Crippen LogP contribution >= 0.6 is 0 Å². The first-order valence-electron chi connectivity index (χ1n) is 5.55. The second-order valence-electron chi connectivity index (χ2n) is 4.64. The lowest BCUT2D eigenvalue weighted by Crippen LogP contribution is -2.46. The lowest BCUT2D eigenvalue weighted by Gasteiger charge is -2.23. The van der Waals surface area contributed by atoms with Gasteiger partial charge in [0.15, 0.2) is 5.69 Å². The number of aromatic nitrogens is 3. The van der Waals surface area contributed by atoms with Gasteiger partial charge in [-0.05, 0) is 13.8 Å². The summed E-state index contributed by atoms with van der Waals surface area (Å²) >= 11 is 0. The molecule has 8 nitrogen and oxygen atoms in total. The number of carbonyl (C=O) groups excluding carboxylic acids is 2. The summed E-state index contributed by atoms with van der Waals surface area (Å²) < 4.78 is 1.48. The molecular weight excluding hydrogens is 236 g/mol. The van der Waals surface area contributed by atoms with Gasteiger partial charge in [-0.2, -0.15) is 0 Å². The summed E-state index contributed by atoms with van der Waals surface area (Å²) in [7, 11) is 0. The average Bonchev–Trinajstić information content (AvgIpc) is 2.63. The van der Waals surface area contributed by atoms with E-state index in [1.54, 1.807) is 13.8 Å². The minimum absolute atomic E-state index is 0.0513. The maximum atomic E-state index is 11.8. The quantitative estimate of drug-likeness (QED) is 0.576. The molecule has 1 heterocycles. The molecule has 0 saturated carbocycles. The summed E-state index contributed by atoms with van der Waals surface area (Å²) in [5.41, 5.74) is 9.92. The van der Waals surface area contributed by atoms with Gasteiger partial charge in [-0.1, -0.05) is 5.21 Å². The van der Waals surface area contributed by atoms with Crippen LogP contribution in [0, 0.1) is 0 Å². The van der Waals surface area contributed by atoms with Crippen LogP contribution in [0.25, 0.3) is 0 Å². The predicted octanol–water partition coefficient (Wildman–Crippen LogP) is -1.38. The van der Waals surface area contributed by atoms with Gasteiger partial charge in [0.1, 0.15) is 0 Å². The first kappa shape index (κ1) is 14.1. The number of hydrogen-bond acceptors (Lipinski definition) is 5. The van der Waals surface area contributed by atoms with E-state index in [4.69, 9.17) is 11.5 Å². The van der Waals surface area contributed by atoms with Crippen LogP contribution in [0.15, 0.2) is 6.20 Å². The summed E-state index contributed by atoms with van der Waals surface area (Å²) in [6.07, 6.45) is 1.55. The maximum absolute atomic E-state index is 11.8. The second-order valence-corrected chi connectivity index (χ2v) is 4.64. The molecule has 0 atom stereocenters. The number of nitrogens with one attached hydrogen (secondary N) is 1. The van der Waals surface area contributed by atoms with E-state index in [0.717, 1.165) is 0 Å². The highest BCUT2D eigenvalue weighted by molar-refractivity contribution is 5.92. The van der Waals surface area contributed by atoms with E-state index in [0.29, 0.717) is 13.1 Å². The Morgan fingerprint density at radius 1 is 1.50 bits per heavy atom. The molecule has 0 fully saturated rings. The Balaban J connectivity index is 2.66. The van der Waals surface area contributed by atoms with E-state index in [1.807, 2.05) is 0 Å². The topological polar surface area (TPSA) is 129 Å². The number of nitrogens with two attached hydrogens (primary N) is 2. The van der Waals surface area contributed by atoms with E-state index in [-0.39, 0.29) is 12.1 Å². The van der Waals surface area contributed by atoms with Crippen LogP contribution in [0.3, 0.4) is 0 Å². The van der Waals surface area contributed by atoms with Crippen molar-refractivity contribution in [2.75, 3.05) is 6.54 Å². The molecule has 1 aromatic rings. The minimum atomic E-state index is -0.722. The lowest BCUT2D eigenvalue weighted by atomic mass is 10.0. The molecule has 0 unspecified atom stereocenters. The van der Waals surface area contributed by atoms with Gasteiger partial charge in [-0.15, -0.1) is 5.10 Å².